The molecule has 0 unspecified atom stereocenters. The molecule has 2 aromatic heterocycles. The molecule has 0 aliphatic heterocycles. The van der Waals surface area contributed by atoms with Gasteiger partial charge in [-0.1, -0.05) is 12.1 Å². The summed E-state index contributed by atoms with van der Waals surface area (Å²) in [6.45, 7) is 1.71. The summed E-state index contributed by atoms with van der Waals surface area (Å²) in [5.74, 6) is -0.417. The van der Waals surface area contributed by atoms with E-state index in [4.69, 9.17) is 0 Å². The first-order chi connectivity index (χ1) is 12.4. The van der Waals surface area contributed by atoms with Gasteiger partial charge in [0.25, 0.3) is 0 Å². The molecule has 1 N–H and O–H groups in total. The lowest BCUT2D eigenvalue weighted by molar-refractivity contribution is -0.385. The van der Waals surface area contributed by atoms with Crippen LogP contribution in [0.2, 0.25) is 0 Å². The molecule has 134 valence electrons. The van der Waals surface area contributed by atoms with Gasteiger partial charge < -0.3 is 5.32 Å². The quantitative estimate of drug-likeness (QED) is 0.536. The lowest BCUT2D eigenvalue weighted by atomic mass is 10.2. The molecule has 0 saturated carbocycles. The number of carbonyl (C=O) groups is 1. The molecule has 26 heavy (non-hydrogen) atoms. The van der Waals surface area contributed by atoms with Crippen molar-refractivity contribution in [3.8, 4) is 0 Å². The Labute approximate surface area is 147 Å². The molecular formula is C16H15FN6O3. The molecule has 0 fully saturated rings. The van der Waals surface area contributed by atoms with Gasteiger partial charge in [-0.05, 0) is 24.6 Å². The fourth-order valence-electron chi connectivity index (χ4n) is 2.43. The van der Waals surface area contributed by atoms with Crippen LogP contribution in [0.4, 0.5) is 15.9 Å². The number of halogens is 1. The van der Waals surface area contributed by atoms with Crippen molar-refractivity contribution in [1.29, 1.82) is 0 Å². The van der Waals surface area contributed by atoms with Gasteiger partial charge in [0, 0.05) is 12.3 Å². The monoisotopic (exact) mass is 358 g/mol. The topological polar surface area (TPSA) is 108 Å². The summed E-state index contributed by atoms with van der Waals surface area (Å²) >= 11 is 0. The molecule has 0 aliphatic carbocycles. The third-order valence-electron chi connectivity index (χ3n) is 3.71. The first kappa shape index (κ1) is 17.3. The molecule has 9 nitrogen and oxygen atoms in total. The number of nitro groups is 1. The second kappa shape index (κ2) is 7.13. The predicted octanol–water partition coefficient (Wildman–Crippen LogP) is 2.12. The fourth-order valence-corrected chi connectivity index (χ4v) is 2.43. The van der Waals surface area contributed by atoms with Gasteiger partial charge in [0.2, 0.25) is 5.91 Å². The largest absolute Gasteiger partial charge is 0.309 e. The van der Waals surface area contributed by atoms with Gasteiger partial charge in [-0.25, -0.2) is 4.39 Å². The zero-order chi connectivity index (χ0) is 18.7. The average Bonchev–Trinajstić information content (AvgIpc) is 3.15. The summed E-state index contributed by atoms with van der Waals surface area (Å²) in [7, 11) is 0. The number of benzene rings is 1. The summed E-state index contributed by atoms with van der Waals surface area (Å²) in [5, 5.41) is 21.4. The van der Waals surface area contributed by atoms with Crippen molar-refractivity contribution in [2.45, 2.75) is 20.0 Å². The van der Waals surface area contributed by atoms with Crippen LogP contribution in [0, 0.1) is 22.9 Å². The van der Waals surface area contributed by atoms with E-state index in [1.165, 1.54) is 23.7 Å². The van der Waals surface area contributed by atoms with Crippen LogP contribution in [0.3, 0.4) is 0 Å². The molecule has 1 amide bonds. The van der Waals surface area contributed by atoms with E-state index in [0.717, 1.165) is 11.8 Å². The predicted molar refractivity (Wildman–Crippen MR) is 90.0 cm³/mol. The Hall–Kier alpha value is -3.56. The average molecular weight is 358 g/mol. The lowest BCUT2D eigenvalue weighted by Gasteiger charge is -2.04. The van der Waals surface area contributed by atoms with E-state index < -0.39 is 10.8 Å². The van der Waals surface area contributed by atoms with Crippen molar-refractivity contribution >= 4 is 17.4 Å². The second-order valence-corrected chi connectivity index (χ2v) is 5.61. The number of rotatable bonds is 6. The zero-order valence-electron chi connectivity index (χ0n) is 13.8. The summed E-state index contributed by atoms with van der Waals surface area (Å²) < 4.78 is 16.0. The Balaban J connectivity index is 1.62. The SMILES string of the molecule is Cc1c([N+](=O)[O-])cnn1CC(=O)Nc1ccn(Cc2cccc(F)c2)n1. The maximum Gasteiger partial charge on any atom is 0.309 e. The number of hydrogen-bond acceptors (Lipinski definition) is 5. The summed E-state index contributed by atoms with van der Waals surface area (Å²) in [6, 6.07) is 7.77. The van der Waals surface area contributed by atoms with E-state index in [0.29, 0.717) is 18.1 Å². The Morgan fingerprint density at radius 3 is 2.88 bits per heavy atom. The number of amides is 1. The molecule has 10 heteroatoms. The van der Waals surface area contributed by atoms with E-state index in [9.17, 15) is 19.3 Å². The van der Waals surface area contributed by atoms with Crippen LogP contribution in [0.15, 0.2) is 42.7 Å². The van der Waals surface area contributed by atoms with Crippen LogP contribution in [-0.2, 0) is 17.9 Å². The van der Waals surface area contributed by atoms with Crippen molar-refractivity contribution < 1.29 is 14.1 Å². The van der Waals surface area contributed by atoms with Gasteiger partial charge in [-0.3, -0.25) is 24.3 Å². The lowest BCUT2D eigenvalue weighted by Crippen LogP contribution is -2.20. The maximum absolute atomic E-state index is 13.2. The van der Waals surface area contributed by atoms with Crippen LogP contribution in [-0.4, -0.2) is 30.4 Å². The Morgan fingerprint density at radius 2 is 2.19 bits per heavy atom. The van der Waals surface area contributed by atoms with E-state index in [2.05, 4.69) is 15.5 Å². The van der Waals surface area contributed by atoms with Crippen LogP contribution in [0.25, 0.3) is 0 Å². The maximum atomic E-state index is 13.2. The Morgan fingerprint density at radius 1 is 1.38 bits per heavy atom. The fraction of sp³-hybridized carbons (Fsp3) is 0.188. The normalized spacial score (nSPS) is 10.7. The van der Waals surface area contributed by atoms with Crippen LogP contribution >= 0.6 is 0 Å². The molecule has 0 atom stereocenters. The van der Waals surface area contributed by atoms with Crippen LogP contribution in [0.1, 0.15) is 11.3 Å². The summed E-state index contributed by atoms with van der Waals surface area (Å²) in [4.78, 5) is 22.3. The Kier molecular flexibility index (Phi) is 4.74. The molecule has 0 radical (unpaired) electrons. The standard InChI is InChI=1S/C16H15FN6O3/c1-11-14(23(25)26)8-18-22(11)10-16(24)19-15-5-6-21(20-15)9-12-3-2-4-13(17)7-12/h2-8H,9-10H2,1H3,(H,19,20,24). The molecule has 3 rings (SSSR count). The van der Waals surface area contributed by atoms with E-state index in [1.807, 2.05) is 0 Å². The summed E-state index contributed by atoms with van der Waals surface area (Å²) in [5.41, 5.74) is 0.893. The van der Waals surface area contributed by atoms with Crippen molar-refractivity contribution in [3.63, 3.8) is 0 Å². The van der Waals surface area contributed by atoms with Gasteiger partial charge in [0.05, 0.1) is 11.5 Å². The van der Waals surface area contributed by atoms with Gasteiger partial charge in [-0.2, -0.15) is 10.2 Å². The Bertz CT molecular complexity index is 965. The van der Waals surface area contributed by atoms with Crippen LogP contribution < -0.4 is 5.32 Å². The molecule has 0 aliphatic rings. The highest BCUT2D eigenvalue weighted by Crippen LogP contribution is 2.16. The van der Waals surface area contributed by atoms with Gasteiger partial charge in [0.15, 0.2) is 5.82 Å². The molecule has 3 aromatic rings. The minimum atomic E-state index is -0.551. The molecule has 0 saturated heterocycles. The minimum Gasteiger partial charge on any atom is -0.308 e. The van der Waals surface area contributed by atoms with Gasteiger partial charge >= 0.3 is 5.69 Å². The third-order valence-corrected chi connectivity index (χ3v) is 3.71. The molecular weight excluding hydrogens is 343 g/mol. The molecule has 0 spiro atoms. The van der Waals surface area contributed by atoms with Crippen molar-refractivity contribution in [2.24, 2.45) is 0 Å². The third kappa shape index (κ3) is 3.91. The number of carbonyl (C=O) groups excluding carboxylic acids is 1. The van der Waals surface area contributed by atoms with E-state index in [1.54, 1.807) is 29.1 Å². The number of nitrogens with zero attached hydrogens (tertiary/aromatic N) is 5. The molecule has 1 aromatic carbocycles. The first-order valence-electron chi connectivity index (χ1n) is 7.67. The number of anilines is 1. The van der Waals surface area contributed by atoms with Gasteiger partial charge in [-0.15, -0.1) is 0 Å². The smallest absolute Gasteiger partial charge is 0.308 e. The minimum absolute atomic E-state index is 0.142. The van der Waals surface area contributed by atoms with Crippen LogP contribution in [0.5, 0.6) is 0 Å². The summed E-state index contributed by atoms with van der Waals surface area (Å²) in [6.07, 6.45) is 2.76. The highest BCUT2D eigenvalue weighted by molar-refractivity contribution is 5.89. The highest BCUT2D eigenvalue weighted by atomic mass is 19.1. The second-order valence-electron chi connectivity index (χ2n) is 5.61. The first-order valence-corrected chi connectivity index (χ1v) is 7.67. The van der Waals surface area contributed by atoms with Crippen molar-refractivity contribution in [2.75, 3.05) is 5.32 Å². The number of aromatic nitrogens is 4. The number of hydrogen-bond donors (Lipinski definition) is 1. The number of nitrogens with one attached hydrogen (secondary N) is 1. The molecule has 0 bridgehead atoms. The zero-order valence-corrected chi connectivity index (χ0v) is 13.8. The van der Waals surface area contributed by atoms with Crippen molar-refractivity contribution in [1.82, 2.24) is 19.6 Å². The van der Waals surface area contributed by atoms with E-state index in [-0.39, 0.29) is 18.0 Å². The van der Waals surface area contributed by atoms with E-state index >= 15 is 0 Å². The highest BCUT2D eigenvalue weighted by Gasteiger charge is 2.18. The molecule has 2 heterocycles. The van der Waals surface area contributed by atoms with Crippen molar-refractivity contribution in [3.05, 3.63) is 69.9 Å². The van der Waals surface area contributed by atoms with Gasteiger partial charge in [0.1, 0.15) is 24.3 Å².